The molecule has 16 heavy (non-hydrogen) atoms. The van der Waals surface area contributed by atoms with E-state index in [1.807, 2.05) is 23.9 Å². The molecule has 1 aromatic heterocycles. The van der Waals surface area contributed by atoms with Crippen molar-refractivity contribution in [1.82, 2.24) is 5.32 Å². The molecule has 0 bridgehead atoms. The van der Waals surface area contributed by atoms with Crippen LogP contribution in [0.25, 0.3) is 0 Å². The number of hydrogen-bond acceptors (Lipinski definition) is 4. The first kappa shape index (κ1) is 12.7. The van der Waals surface area contributed by atoms with Gasteiger partial charge in [-0.05, 0) is 31.2 Å². The van der Waals surface area contributed by atoms with E-state index in [0.717, 1.165) is 22.3 Å². The number of aliphatic hydroxyl groups is 1. The third-order valence-corrected chi connectivity index (χ3v) is 5.49. The van der Waals surface area contributed by atoms with Crippen LogP contribution in [0.15, 0.2) is 12.1 Å². The van der Waals surface area contributed by atoms with E-state index in [0.29, 0.717) is 6.54 Å². The Hall–Kier alpha value is 0.260. The van der Waals surface area contributed by atoms with Crippen molar-refractivity contribution in [1.29, 1.82) is 0 Å². The predicted molar refractivity (Wildman–Crippen MR) is 72.6 cm³/mol. The molecule has 2 nitrogen and oxygen atoms in total. The van der Waals surface area contributed by atoms with Crippen molar-refractivity contribution in [3.05, 3.63) is 21.3 Å². The molecule has 2 rings (SSSR count). The molecule has 90 valence electrons. The monoisotopic (exact) mass is 277 g/mol. The van der Waals surface area contributed by atoms with E-state index in [1.54, 1.807) is 11.3 Å². The Kier molecular flexibility index (Phi) is 4.19. The summed E-state index contributed by atoms with van der Waals surface area (Å²) in [7, 11) is 0. The third-order valence-electron chi connectivity index (χ3n) is 2.84. The van der Waals surface area contributed by atoms with Crippen LogP contribution in [0.3, 0.4) is 0 Å². The van der Waals surface area contributed by atoms with E-state index in [4.69, 9.17) is 11.6 Å². The van der Waals surface area contributed by atoms with Gasteiger partial charge in [0, 0.05) is 23.2 Å². The highest BCUT2D eigenvalue weighted by Gasteiger charge is 2.31. The summed E-state index contributed by atoms with van der Waals surface area (Å²) in [5.41, 5.74) is -0.514. The normalized spacial score (nSPS) is 27.2. The minimum atomic E-state index is -0.514. The van der Waals surface area contributed by atoms with Crippen LogP contribution in [0.4, 0.5) is 0 Å². The van der Waals surface area contributed by atoms with Crippen LogP contribution >= 0.6 is 34.7 Å². The Balaban J connectivity index is 1.86. The molecule has 0 spiro atoms. The number of hydrogen-bond donors (Lipinski definition) is 2. The van der Waals surface area contributed by atoms with E-state index in [1.165, 1.54) is 4.88 Å². The highest BCUT2D eigenvalue weighted by Crippen LogP contribution is 2.29. The van der Waals surface area contributed by atoms with E-state index in [-0.39, 0.29) is 6.04 Å². The summed E-state index contributed by atoms with van der Waals surface area (Å²) >= 11 is 9.31. The summed E-state index contributed by atoms with van der Waals surface area (Å²) in [6, 6.07) is 4.21. The van der Waals surface area contributed by atoms with Crippen molar-refractivity contribution in [3.8, 4) is 0 Å². The van der Waals surface area contributed by atoms with Gasteiger partial charge in [0.25, 0.3) is 0 Å². The number of nitrogens with one attached hydrogen (secondary N) is 1. The van der Waals surface area contributed by atoms with Gasteiger partial charge in [-0.2, -0.15) is 11.8 Å². The zero-order chi connectivity index (χ0) is 11.6. The first-order valence-corrected chi connectivity index (χ1v) is 7.73. The first-order valence-electron chi connectivity index (χ1n) is 5.38. The molecule has 2 unspecified atom stereocenters. The molecule has 1 aliphatic heterocycles. The van der Waals surface area contributed by atoms with Crippen molar-refractivity contribution in [3.63, 3.8) is 0 Å². The van der Waals surface area contributed by atoms with Crippen LogP contribution in [0.1, 0.15) is 24.3 Å². The third kappa shape index (κ3) is 3.14. The maximum Gasteiger partial charge on any atom is 0.0931 e. The largest absolute Gasteiger partial charge is 0.388 e. The predicted octanol–water partition coefficient (Wildman–Crippen LogP) is 2.92. The van der Waals surface area contributed by atoms with Crippen LogP contribution in [0, 0.1) is 0 Å². The van der Waals surface area contributed by atoms with Crippen molar-refractivity contribution < 1.29 is 5.11 Å². The topological polar surface area (TPSA) is 32.3 Å². The molecule has 0 saturated carbocycles. The molecule has 1 aromatic rings. The van der Waals surface area contributed by atoms with Crippen molar-refractivity contribution in [2.75, 3.05) is 18.1 Å². The zero-order valence-electron chi connectivity index (χ0n) is 9.20. The second-order valence-electron chi connectivity index (χ2n) is 4.27. The van der Waals surface area contributed by atoms with Gasteiger partial charge in [-0.15, -0.1) is 11.3 Å². The van der Waals surface area contributed by atoms with Crippen molar-refractivity contribution in [2.24, 2.45) is 0 Å². The molecule has 0 aromatic carbocycles. The van der Waals surface area contributed by atoms with E-state index in [9.17, 15) is 5.11 Å². The maximum atomic E-state index is 10.2. The zero-order valence-corrected chi connectivity index (χ0v) is 11.6. The fraction of sp³-hybridized carbons (Fsp3) is 0.636. The summed E-state index contributed by atoms with van der Waals surface area (Å²) < 4.78 is 0.818. The summed E-state index contributed by atoms with van der Waals surface area (Å²) in [6.45, 7) is 2.77. The Bertz CT molecular complexity index is 350. The summed E-state index contributed by atoms with van der Waals surface area (Å²) in [5, 5.41) is 13.6. The average molecular weight is 278 g/mol. The van der Waals surface area contributed by atoms with Gasteiger partial charge in [0.05, 0.1) is 9.94 Å². The summed E-state index contributed by atoms with van der Waals surface area (Å²) in [5.74, 6) is 1.91. The number of thioether (sulfide) groups is 1. The van der Waals surface area contributed by atoms with Gasteiger partial charge in [0.1, 0.15) is 0 Å². The first-order chi connectivity index (χ1) is 7.59. The van der Waals surface area contributed by atoms with Crippen LogP contribution < -0.4 is 5.32 Å². The second-order valence-corrected chi connectivity index (χ2v) is 7.12. The lowest BCUT2D eigenvalue weighted by molar-refractivity contribution is 0.0652. The molecular weight excluding hydrogens is 262 g/mol. The molecule has 5 heteroatoms. The fourth-order valence-corrected chi connectivity index (χ4v) is 4.12. The Morgan fingerprint density at radius 1 is 1.62 bits per heavy atom. The van der Waals surface area contributed by atoms with Crippen LogP contribution in [-0.2, 0) is 0 Å². The molecule has 0 amide bonds. The molecular formula is C11H16ClNOS2. The summed E-state index contributed by atoms with van der Waals surface area (Å²) in [4.78, 5) is 1.22. The lowest BCUT2D eigenvalue weighted by Crippen LogP contribution is -2.41. The Morgan fingerprint density at radius 3 is 3.00 bits per heavy atom. The Labute approximate surface area is 109 Å². The smallest absolute Gasteiger partial charge is 0.0931 e. The lowest BCUT2D eigenvalue weighted by Gasteiger charge is -2.24. The van der Waals surface area contributed by atoms with Gasteiger partial charge in [0.15, 0.2) is 0 Å². The summed E-state index contributed by atoms with van der Waals surface area (Å²) in [6.07, 6.45) is 0.891. The molecule has 1 fully saturated rings. The highest BCUT2D eigenvalue weighted by molar-refractivity contribution is 7.99. The number of thiophene rings is 1. The average Bonchev–Trinajstić information content (AvgIpc) is 2.85. The number of rotatable bonds is 4. The van der Waals surface area contributed by atoms with Crippen LogP contribution in [0.5, 0.6) is 0 Å². The lowest BCUT2D eigenvalue weighted by atomic mass is 10.0. The van der Waals surface area contributed by atoms with Gasteiger partial charge < -0.3 is 10.4 Å². The molecule has 0 radical (unpaired) electrons. The van der Waals surface area contributed by atoms with Crippen molar-refractivity contribution in [2.45, 2.75) is 25.0 Å². The molecule has 2 N–H and O–H groups in total. The highest BCUT2D eigenvalue weighted by atomic mass is 35.5. The molecule has 2 atom stereocenters. The van der Waals surface area contributed by atoms with Crippen molar-refractivity contribution >= 4 is 34.7 Å². The molecule has 2 heterocycles. The second kappa shape index (κ2) is 5.27. The van der Waals surface area contributed by atoms with Crippen LogP contribution in [0.2, 0.25) is 4.34 Å². The molecule has 0 aliphatic carbocycles. The van der Waals surface area contributed by atoms with E-state index < -0.39 is 5.60 Å². The maximum absolute atomic E-state index is 10.2. The van der Waals surface area contributed by atoms with E-state index in [2.05, 4.69) is 12.2 Å². The molecule has 1 aliphatic rings. The van der Waals surface area contributed by atoms with Gasteiger partial charge in [0.2, 0.25) is 0 Å². The SMILES string of the molecule is CC(NCC1(O)CCSC1)c1ccc(Cl)s1. The minimum Gasteiger partial charge on any atom is -0.388 e. The van der Waals surface area contributed by atoms with Gasteiger partial charge in [-0.3, -0.25) is 0 Å². The number of halogens is 1. The molecule has 1 saturated heterocycles. The minimum absolute atomic E-state index is 0.257. The standard InChI is InChI=1S/C11H16ClNOS2/c1-8(9-2-3-10(12)16-9)13-6-11(14)4-5-15-7-11/h2-3,8,13-14H,4-7H2,1H3. The van der Waals surface area contributed by atoms with E-state index >= 15 is 0 Å². The fourth-order valence-electron chi connectivity index (χ4n) is 1.74. The Morgan fingerprint density at radius 2 is 2.44 bits per heavy atom. The van der Waals surface area contributed by atoms with Crippen LogP contribution in [-0.4, -0.2) is 28.8 Å². The van der Waals surface area contributed by atoms with Gasteiger partial charge in [-0.25, -0.2) is 0 Å². The quantitative estimate of drug-likeness (QED) is 0.888. The van der Waals surface area contributed by atoms with Gasteiger partial charge >= 0.3 is 0 Å². The van der Waals surface area contributed by atoms with Gasteiger partial charge in [-0.1, -0.05) is 11.6 Å².